The fraction of sp³-hybridized carbons (Fsp3) is 0.235. The Morgan fingerprint density at radius 2 is 2.13 bits per heavy atom. The summed E-state index contributed by atoms with van der Waals surface area (Å²) in [5.41, 5.74) is 4.88. The van der Waals surface area contributed by atoms with E-state index in [9.17, 15) is 9.90 Å². The van der Waals surface area contributed by atoms with Crippen LogP contribution in [0.25, 0.3) is 0 Å². The average Bonchev–Trinajstić information content (AvgIpc) is 2.97. The van der Waals surface area contributed by atoms with Crippen molar-refractivity contribution in [2.24, 2.45) is 4.99 Å². The predicted octanol–water partition coefficient (Wildman–Crippen LogP) is 1.96. The molecule has 0 fully saturated rings. The maximum atomic E-state index is 11.6. The zero-order valence-electron chi connectivity index (χ0n) is 12.3. The lowest BCUT2D eigenvalue weighted by atomic mass is 9.93. The van der Waals surface area contributed by atoms with Gasteiger partial charge in [-0.1, -0.05) is 0 Å². The van der Waals surface area contributed by atoms with Crippen LogP contribution in [0.5, 0.6) is 5.75 Å². The van der Waals surface area contributed by atoms with Crippen LogP contribution in [0.3, 0.4) is 0 Å². The number of aliphatic hydroxyl groups is 1. The number of hydrogen-bond acceptors (Lipinski definition) is 5. The minimum Gasteiger partial charge on any atom is -0.410 e. The first kappa shape index (κ1) is 13.9. The Balaban J connectivity index is 1.79. The summed E-state index contributed by atoms with van der Waals surface area (Å²) >= 11 is 0. The molecule has 6 nitrogen and oxygen atoms in total. The number of carbonyl (C=O) groups is 1. The molecule has 1 aromatic carbocycles. The van der Waals surface area contributed by atoms with E-state index in [1.54, 1.807) is 12.4 Å². The van der Waals surface area contributed by atoms with Gasteiger partial charge in [0, 0.05) is 35.7 Å². The molecule has 0 saturated heterocycles. The van der Waals surface area contributed by atoms with Gasteiger partial charge in [-0.15, -0.1) is 0 Å². The first-order chi connectivity index (χ1) is 11.3. The summed E-state index contributed by atoms with van der Waals surface area (Å²) in [4.78, 5) is 20.3. The molecule has 2 aliphatic rings. The number of hydrogen-bond donors (Lipinski definition) is 2. The lowest BCUT2D eigenvalue weighted by Gasteiger charge is -2.26. The number of rotatable bonds is 3. The first-order valence-corrected chi connectivity index (χ1v) is 7.47. The summed E-state index contributed by atoms with van der Waals surface area (Å²) in [6.45, 7) is 0.558. The molecule has 6 heteroatoms. The Kier molecular flexibility index (Phi) is 3.31. The summed E-state index contributed by atoms with van der Waals surface area (Å²) in [6, 6.07) is 7.50. The lowest BCUT2D eigenvalue weighted by Crippen LogP contribution is -2.36. The number of ether oxygens (including phenoxy) is 1. The molecule has 1 aromatic heterocycles. The van der Waals surface area contributed by atoms with Crippen molar-refractivity contribution in [3.8, 4) is 5.75 Å². The van der Waals surface area contributed by atoms with Gasteiger partial charge in [-0.2, -0.15) is 0 Å². The normalized spacial score (nSPS) is 18.6. The van der Waals surface area contributed by atoms with Gasteiger partial charge in [-0.3, -0.25) is 9.98 Å². The molecule has 23 heavy (non-hydrogen) atoms. The Hall–Kier alpha value is -2.73. The van der Waals surface area contributed by atoms with Gasteiger partial charge in [0.1, 0.15) is 5.75 Å². The number of amides is 1. The van der Waals surface area contributed by atoms with Crippen molar-refractivity contribution >= 4 is 11.8 Å². The minimum atomic E-state index is -0.482. The summed E-state index contributed by atoms with van der Waals surface area (Å²) in [5.74, 6) is 0.553. The van der Waals surface area contributed by atoms with Gasteiger partial charge in [0.25, 0.3) is 0 Å². The van der Waals surface area contributed by atoms with Crippen molar-refractivity contribution in [3.05, 3.63) is 58.9 Å². The van der Waals surface area contributed by atoms with Gasteiger partial charge in [0.15, 0.2) is 0 Å². The molecule has 116 valence electrons. The minimum absolute atomic E-state index is 0.00717. The molecule has 2 aliphatic heterocycles. The van der Waals surface area contributed by atoms with Crippen molar-refractivity contribution in [2.45, 2.75) is 19.0 Å². The van der Waals surface area contributed by atoms with Crippen LogP contribution >= 0.6 is 0 Å². The Labute approximate surface area is 132 Å². The van der Waals surface area contributed by atoms with Gasteiger partial charge in [-0.25, -0.2) is 4.79 Å². The molecule has 0 radical (unpaired) electrons. The van der Waals surface area contributed by atoms with E-state index < -0.39 is 6.09 Å². The average molecular weight is 309 g/mol. The van der Waals surface area contributed by atoms with Crippen LogP contribution in [0.4, 0.5) is 4.79 Å². The highest BCUT2D eigenvalue weighted by molar-refractivity contribution is 6.15. The highest BCUT2D eigenvalue weighted by Crippen LogP contribution is 2.36. The molecule has 2 aromatic rings. The maximum absolute atomic E-state index is 11.6. The predicted molar refractivity (Wildman–Crippen MR) is 83.6 cm³/mol. The molecule has 0 saturated carbocycles. The zero-order chi connectivity index (χ0) is 15.8. The molecule has 0 aliphatic carbocycles. The Morgan fingerprint density at radius 1 is 1.30 bits per heavy atom. The number of aliphatic imine (C=N–C) groups is 1. The van der Waals surface area contributed by atoms with Gasteiger partial charge < -0.3 is 15.2 Å². The number of fused-ring (bicyclic) bond motifs is 2. The molecule has 2 N–H and O–H groups in total. The molecule has 0 bridgehead atoms. The molecule has 1 atom stereocenters. The fourth-order valence-corrected chi connectivity index (χ4v) is 3.06. The van der Waals surface area contributed by atoms with Gasteiger partial charge in [0.05, 0.1) is 18.3 Å². The van der Waals surface area contributed by atoms with Crippen molar-refractivity contribution in [1.82, 2.24) is 10.3 Å². The highest BCUT2D eigenvalue weighted by Gasteiger charge is 2.29. The van der Waals surface area contributed by atoms with Gasteiger partial charge in [-0.05, 0) is 36.2 Å². The van der Waals surface area contributed by atoms with E-state index in [-0.39, 0.29) is 12.6 Å². The standard InChI is InChI=1S/C17H15N3O3/c21-6-3-14-13-8-12-11(7-15(13)23-17(22)20-14)9-19-16(12)10-1-4-18-5-2-10/h1-2,4-5,7-8,14,21H,3,6,9H2,(H,20,22). The molecule has 1 unspecified atom stereocenters. The summed E-state index contributed by atoms with van der Waals surface area (Å²) in [6.07, 6.45) is 3.45. The topological polar surface area (TPSA) is 83.8 Å². The Morgan fingerprint density at radius 3 is 2.91 bits per heavy atom. The smallest absolute Gasteiger partial charge is 0.410 e. The van der Waals surface area contributed by atoms with E-state index in [1.807, 2.05) is 24.3 Å². The lowest BCUT2D eigenvalue weighted by molar-refractivity contribution is 0.182. The molecule has 3 heterocycles. The third kappa shape index (κ3) is 2.37. The number of nitrogens with zero attached hydrogens (tertiary/aromatic N) is 2. The largest absolute Gasteiger partial charge is 0.413 e. The van der Waals surface area contributed by atoms with E-state index in [0.717, 1.165) is 28.0 Å². The second-order valence-corrected chi connectivity index (χ2v) is 5.55. The van der Waals surface area contributed by atoms with Crippen molar-refractivity contribution in [1.29, 1.82) is 0 Å². The number of benzene rings is 1. The van der Waals surface area contributed by atoms with E-state index in [2.05, 4.69) is 15.3 Å². The number of carbonyl (C=O) groups excluding carboxylic acids is 1. The number of aliphatic hydroxyl groups excluding tert-OH is 1. The van der Waals surface area contributed by atoms with Crippen molar-refractivity contribution in [2.75, 3.05) is 6.61 Å². The summed E-state index contributed by atoms with van der Waals surface area (Å²) in [5, 5.41) is 12.0. The van der Waals surface area contributed by atoms with Crippen LogP contribution in [0, 0.1) is 0 Å². The summed E-state index contributed by atoms with van der Waals surface area (Å²) in [7, 11) is 0. The maximum Gasteiger partial charge on any atom is 0.413 e. The van der Waals surface area contributed by atoms with Gasteiger partial charge in [0.2, 0.25) is 0 Å². The first-order valence-electron chi connectivity index (χ1n) is 7.47. The third-order valence-corrected chi connectivity index (χ3v) is 4.14. The number of aromatic nitrogens is 1. The molecule has 4 rings (SSSR count). The summed E-state index contributed by atoms with van der Waals surface area (Å²) < 4.78 is 5.28. The fourth-order valence-electron chi connectivity index (χ4n) is 3.06. The monoisotopic (exact) mass is 309 g/mol. The highest BCUT2D eigenvalue weighted by atomic mass is 16.6. The van der Waals surface area contributed by atoms with Crippen LogP contribution in [0.1, 0.15) is 34.7 Å². The number of nitrogens with one attached hydrogen (secondary N) is 1. The van der Waals surface area contributed by atoms with Gasteiger partial charge >= 0.3 is 6.09 Å². The van der Waals surface area contributed by atoms with Crippen molar-refractivity contribution in [3.63, 3.8) is 0 Å². The van der Waals surface area contributed by atoms with Crippen LogP contribution in [0.2, 0.25) is 0 Å². The van der Waals surface area contributed by atoms with E-state index in [4.69, 9.17) is 4.74 Å². The molecule has 0 spiro atoms. The van der Waals surface area contributed by atoms with E-state index in [0.29, 0.717) is 18.7 Å². The Bertz CT molecular complexity index is 802. The molecular formula is C17H15N3O3. The SMILES string of the molecule is O=C1NC(CCO)c2cc3c(cc2O1)CN=C3c1ccncc1. The second kappa shape index (κ2) is 5.48. The van der Waals surface area contributed by atoms with Crippen molar-refractivity contribution < 1.29 is 14.6 Å². The second-order valence-electron chi connectivity index (χ2n) is 5.55. The van der Waals surface area contributed by atoms with E-state index in [1.165, 1.54) is 0 Å². The zero-order valence-corrected chi connectivity index (χ0v) is 12.3. The van der Waals surface area contributed by atoms with Crippen LogP contribution < -0.4 is 10.1 Å². The third-order valence-electron chi connectivity index (χ3n) is 4.14. The molecule has 1 amide bonds. The molecular weight excluding hydrogens is 294 g/mol. The van der Waals surface area contributed by atoms with Crippen LogP contribution in [-0.2, 0) is 6.54 Å². The van der Waals surface area contributed by atoms with Crippen LogP contribution in [-0.4, -0.2) is 28.5 Å². The number of pyridine rings is 1. The van der Waals surface area contributed by atoms with Crippen LogP contribution in [0.15, 0.2) is 41.7 Å². The quantitative estimate of drug-likeness (QED) is 0.908. The van der Waals surface area contributed by atoms with E-state index >= 15 is 0 Å².